The minimum atomic E-state index is -0.0266. The van der Waals surface area contributed by atoms with E-state index in [0.717, 1.165) is 11.4 Å². The summed E-state index contributed by atoms with van der Waals surface area (Å²) in [6, 6.07) is 9.97. The summed E-state index contributed by atoms with van der Waals surface area (Å²) in [6.45, 7) is 2.00. The minimum Gasteiger partial charge on any atom is -0.484 e. The second-order valence-electron chi connectivity index (χ2n) is 3.63. The molecule has 1 aromatic carbocycles. The molecule has 1 atom stereocenters. The van der Waals surface area contributed by atoms with Crippen molar-refractivity contribution in [2.75, 3.05) is 0 Å². The number of hydrogen-bond donors (Lipinski definition) is 0. The smallest absolute Gasteiger partial charge is 0.140 e. The molecule has 84 valence electrons. The van der Waals surface area contributed by atoms with Gasteiger partial charge in [0.1, 0.15) is 17.5 Å². The molecule has 0 bridgehead atoms. The van der Waals surface area contributed by atoms with Gasteiger partial charge in [0.15, 0.2) is 0 Å². The molecule has 0 aliphatic rings. The van der Waals surface area contributed by atoms with E-state index < -0.39 is 0 Å². The lowest BCUT2D eigenvalue weighted by molar-refractivity contribution is 0.221. The van der Waals surface area contributed by atoms with Gasteiger partial charge < -0.3 is 4.74 Å². The van der Waals surface area contributed by atoms with E-state index in [4.69, 9.17) is 4.74 Å². The normalized spacial score (nSPS) is 12.4. The Hall–Kier alpha value is -1.04. The lowest BCUT2D eigenvalue weighted by Gasteiger charge is -2.12. The lowest BCUT2D eigenvalue weighted by Crippen LogP contribution is -2.04. The van der Waals surface area contributed by atoms with Gasteiger partial charge in [-0.25, -0.2) is 0 Å². The van der Waals surface area contributed by atoms with Crippen molar-refractivity contribution in [2.24, 2.45) is 7.05 Å². The van der Waals surface area contributed by atoms with Crippen LogP contribution in [0.15, 0.2) is 36.5 Å². The lowest BCUT2D eigenvalue weighted by atomic mass is 10.3. The molecule has 0 spiro atoms. The molecule has 4 heteroatoms. The molecule has 0 amide bonds. The zero-order chi connectivity index (χ0) is 11.5. The first kappa shape index (κ1) is 11.4. The van der Waals surface area contributed by atoms with Crippen LogP contribution < -0.4 is 4.74 Å². The summed E-state index contributed by atoms with van der Waals surface area (Å²) in [5.41, 5.74) is 0.945. The number of rotatable bonds is 3. The maximum Gasteiger partial charge on any atom is 0.140 e. The predicted octanol–water partition coefficient (Wildman–Crippen LogP) is 3.16. The zero-order valence-electron chi connectivity index (χ0n) is 9.22. The molecule has 0 fully saturated rings. The topological polar surface area (TPSA) is 27.1 Å². The molecule has 2 rings (SSSR count). The highest BCUT2D eigenvalue weighted by Crippen LogP contribution is 2.21. The molecular weight excluding hydrogens is 315 g/mol. The van der Waals surface area contributed by atoms with E-state index in [0.29, 0.717) is 0 Å². The van der Waals surface area contributed by atoms with E-state index in [9.17, 15) is 0 Å². The van der Waals surface area contributed by atoms with Gasteiger partial charge in [0.05, 0.1) is 0 Å². The molecule has 0 aliphatic heterocycles. The van der Waals surface area contributed by atoms with Crippen LogP contribution in [0.25, 0.3) is 0 Å². The Morgan fingerprint density at radius 3 is 2.50 bits per heavy atom. The third kappa shape index (κ3) is 2.75. The van der Waals surface area contributed by atoms with Crippen LogP contribution in [0.4, 0.5) is 0 Å². The quantitative estimate of drug-likeness (QED) is 0.810. The average molecular weight is 328 g/mol. The van der Waals surface area contributed by atoms with Crippen LogP contribution in [-0.2, 0) is 7.05 Å². The molecule has 1 heterocycles. The molecule has 0 N–H and O–H groups in total. The minimum absolute atomic E-state index is 0.0266. The molecule has 1 unspecified atom stereocenters. The van der Waals surface area contributed by atoms with Gasteiger partial charge in [-0.15, -0.1) is 0 Å². The summed E-state index contributed by atoms with van der Waals surface area (Å²) in [4.78, 5) is 0. The Balaban J connectivity index is 2.07. The van der Waals surface area contributed by atoms with Crippen molar-refractivity contribution in [2.45, 2.75) is 13.0 Å². The average Bonchev–Trinajstić information content (AvgIpc) is 2.68. The number of halogens is 1. The van der Waals surface area contributed by atoms with Crippen LogP contribution in [-0.4, -0.2) is 9.78 Å². The fourth-order valence-electron chi connectivity index (χ4n) is 1.43. The predicted molar refractivity (Wildman–Crippen MR) is 71.4 cm³/mol. The Morgan fingerprint density at radius 1 is 1.25 bits per heavy atom. The second kappa shape index (κ2) is 4.86. The second-order valence-corrected chi connectivity index (χ2v) is 4.87. The number of hydrogen-bond acceptors (Lipinski definition) is 2. The Kier molecular flexibility index (Phi) is 3.48. The largest absolute Gasteiger partial charge is 0.484 e. The number of aromatic nitrogens is 2. The van der Waals surface area contributed by atoms with Gasteiger partial charge >= 0.3 is 0 Å². The fraction of sp³-hybridized carbons (Fsp3) is 0.250. The van der Waals surface area contributed by atoms with Crippen molar-refractivity contribution < 1.29 is 4.74 Å². The summed E-state index contributed by atoms with van der Waals surface area (Å²) in [6.07, 6.45) is 1.89. The summed E-state index contributed by atoms with van der Waals surface area (Å²) in [5, 5.41) is 4.31. The zero-order valence-corrected chi connectivity index (χ0v) is 11.4. The molecule has 3 nitrogen and oxygen atoms in total. The van der Waals surface area contributed by atoms with Gasteiger partial charge in [0, 0.05) is 16.8 Å². The summed E-state index contributed by atoms with van der Waals surface area (Å²) in [7, 11) is 1.90. The maximum absolute atomic E-state index is 5.79. The highest BCUT2D eigenvalue weighted by Gasteiger charge is 2.09. The Morgan fingerprint density at radius 2 is 1.94 bits per heavy atom. The summed E-state index contributed by atoms with van der Waals surface area (Å²) in [5.74, 6) is 0.874. The molecule has 1 aromatic heterocycles. The van der Waals surface area contributed by atoms with Gasteiger partial charge in [-0.2, -0.15) is 5.10 Å². The molecule has 16 heavy (non-hydrogen) atoms. The highest BCUT2D eigenvalue weighted by molar-refractivity contribution is 14.1. The Bertz CT molecular complexity index is 464. The first-order valence-electron chi connectivity index (χ1n) is 5.07. The van der Waals surface area contributed by atoms with E-state index >= 15 is 0 Å². The van der Waals surface area contributed by atoms with Gasteiger partial charge in [0.2, 0.25) is 0 Å². The molecule has 0 aliphatic carbocycles. The van der Waals surface area contributed by atoms with Crippen LogP contribution in [0.1, 0.15) is 18.7 Å². The van der Waals surface area contributed by atoms with E-state index in [1.54, 1.807) is 4.68 Å². The summed E-state index contributed by atoms with van der Waals surface area (Å²) < 4.78 is 8.77. The van der Waals surface area contributed by atoms with Gasteiger partial charge in [-0.1, -0.05) is 0 Å². The highest BCUT2D eigenvalue weighted by atomic mass is 127. The molecule has 2 aromatic rings. The van der Waals surface area contributed by atoms with Crippen molar-refractivity contribution in [3.05, 3.63) is 45.8 Å². The van der Waals surface area contributed by atoms with Crippen molar-refractivity contribution in [1.82, 2.24) is 9.78 Å². The third-order valence-corrected chi connectivity index (χ3v) is 3.00. The van der Waals surface area contributed by atoms with Gasteiger partial charge in [-0.05, 0) is 59.8 Å². The van der Waals surface area contributed by atoms with E-state index in [1.807, 2.05) is 50.5 Å². The first-order valence-corrected chi connectivity index (χ1v) is 6.15. The van der Waals surface area contributed by atoms with Gasteiger partial charge in [-0.3, -0.25) is 4.68 Å². The van der Waals surface area contributed by atoms with Crippen molar-refractivity contribution >= 4 is 22.6 Å². The monoisotopic (exact) mass is 328 g/mol. The van der Waals surface area contributed by atoms with E-state index in [1.165, 1.54) is 3.57 Å². The molecule has 0 radical (unpaired) electrons. The van der Waals surface area contributed by atoms with Crippen LogP contribution in [0, 0.1) is 3.57 Å². The number of nitrogens with zero attached hydrogens (tertiary/aromatic N) is 2. The molecule has 0 saturated carbocycles. The first-order chi connectivity index (χ1) is 7.65. The van der Waals surface area contributed by atoms with Crippen molar-refractivity contribution in [3.8, 4) is 5.75 Å². The van der Waals surface area contributed by atoms with Crippen LogP contribution in [0.5, 0.6) is 5.75 Å². The third-order valence-electron chi connectivity index (χ3n) is 2.28. The van der Waals surface area contributed by atoms with Crippen LogP contribution in [0.2, 0.25) is 0 Å². The van der Waals surface area contributed by atoms with Crippen LogP contribution >= 0.6 is 22.6 Å². The van der Waals surface area contributed by atoms with Crippen molar-refractivity contribution in [1.29, 1.82) is 0 Å². The van der Waals surface area contributed by atoms with Crippen molar-refractivity contribution in [3.63, 3.8) is 0 Å². The van der Waals surface area contributed by atoms with Gasteiger partial charge in [0.25, 0.3) is 0 Å². The molecule has 0 saturated heterocycles. The summed E-state index contributed by atoms with van der Waals surface area (Å²) >= 11 is 2.27. The number of benzene rings is 1. The standard InChI is InChI=1S/C12H13IN2O/c1-9(12-7-8-15(2)14-12)16-11-5-3-10(13)4-6-11/h3-9H,1-2H3. The number of aryl methyl sites for hydroxylation is 1. The maximum atomic E-state index is 5.79. The Labute approximate surface area is 109 Å². The van der Waals surface area contributed by atoms with E-state index in [2.05, 4.69) is 27.7 Å². The van der Waals surface area contributed by atoms with E-state index in [-0.39, 0.29) is 6.10 Å². The fourth-order valence-corrected chi connectivity index (χ4v) is 1.79. The number of ether oxygens (including phenoxy) is 1. The molecular formula is C12H13IN2O. The SMILES string of the molecule is CC(Oc1ccc(I)cc1)c1ccn(C)n1. The van der Waals surface area contributed by atoms with Crippen LogP contribution in [0.3, 0.4) is 0 Å².